The van der Waals surface area contributed by atoms with Gasteiger partial charge in [0.15, 0.2) is 0 Å². The van der Waals surface area contributed by atoms with Gasteiger partial charge in [-0.1, -0.05) is 0 Å². The number of rotatable bonds is 1. The first-order valence-electron chi connectivity index (χ1n) is 3.45. The van der Waals surface area contributed by atoms with Crippen molar-refractivity contribution in [2.45, 2.75) is 12.3 Å². The van der Waals surface area contributed by atoms with Crippen molar-refractivity contribution in [3.05, 3.63) is 21.7 Å². The van der Waals surface area contributed by atoms with E-state index >= 15 is 0 Å². The molecule has 3 N–H and O–H groups in total. The summed E-state index contributed by atoms with van der Waals surface area (Å²) in [5, 5.41) is 21.6. The number of hydrogen-bond acceptors (Lipinski definition) is 5. The number of halogens is 3. The van der Waals surface area contributed by atoms with Crippen LogP contribution in [0, 0.1) is 10.1 Å². The molecule has 0 spiro atoms. The van der Waals surface area contributed by atoms with Gasteiger partial charge in [0.25, 0.3) is 5.88 Å². The number of hydrogen-bond donors (Lipinski definition) is 3. The van der Waals surface area contributed by atoms with Crippen molar-refractivity contribution in [1.82, 2.24) is 10.6 Å². The Morgan fingerprint density at radius 2 is 1.93 bits per heavy atom. The highest BCUT2D eigenvalue weighted by Crippen LogP contribution is 2.22. The summed E-state index contributed by atoms with van der Waals surface area (Å²) in [5.74, 6) is -3.01. The Morgan fingerprint density at radius 3 is 2.27 bits per heavy atom. The molecule has 7 nitrogen and oxygen atoms in total. The van der Waals surface area contributed by atoms with Gasteiger partial charge in [-0.2, -0.15) is 13.2 Å². The zero-order valence-corrected chi connectivity index (χ0v) is 6.83. The minimum atomic E-state index is -4.86. The zero-order valence-electron chi connectivity index (χ0n) is 6.83. The summed E-state index contributed by atoms with van der Waals surface area (Å²) < 4.78 is 36.1. The molecule has 15 heavy (non-hydrogen) atoms. The first kappa shape index (κ1) is 11.1. The van der Waals surface area contributed by atoms with E-state index in [0.29, 0.717) is 0 Å². The number of carbonyl (C=O) groups is 1. The summed E-state index contributed by atoms with van der Waals surface area (Å²) in [5.41, 5.74) is -1.35. The van der Waals surface area contributed by atoms with Crippen molar-refractivity contribution in [3.63, 3.8) is 0 Å². The molecule has 0 bridgehead atoms. The minimum Gasteiger partial charge on any atom is -0.490 e. The van der Waals surface area contributed by atoms with Crippen LogP contribution < -0.4 is 10.6 Å². The van der Waals surface area contributed by atoms with Crippen LogP contribution in [0.15, 0.2) is 11.6 Å². The third-order valence-electron chi connectivity index (χ3n) is 1.51. The second-order valence-corrected chi connectivity index (χ2v) is 2.55. The predicted octanol–water partition coefficient (Wildman–Crippen LogP) is -0.402. The number of nitro groups is 1. The summed E-state index contributed by atoms with van der Waals surface area (Å²) in [6.45, 7) is 0. The van der Waals surface area contributed by atoms with Crippen molar-refractivity contribution in [2.75, 3.05) is 0 Å². The maximum atomic E-state index is 12.0. The van der Waals surface area contributed by atoms with Gasteiger partial charge in [-0.15, -0.1) is 0 Å². The van der Waals surface area contributed by atoms with E-state index in [0.717, 1.165) is 0 Å². The molecule has 1 aliphatic heterocycles. The molecule has 0 unspecified atom stereocenters. The molecule has 1 rings (SSSR count). The van der Waals surface area contributed by atoms with Gasteiger partial charge in [-0.05, 0) is 0 Å². The van der Waals surface area contributed by atoms with Gasteiger partial charge in [-0.25, -0.2) is 0 Å². The maximum Gasteiger partial charge on any atom is 0.427 e. The monoisotopic (exact) mass is 227 g/mol. The SMILES string of the molecule is O=C1N[C@@H](C(F)(F)F)NC(O)=C1[N+](=O)[O-]. The largest absolute Gasteiger partial charge is 0.490 e. The number of carbonyl (C=O) groups excluding carboxylic acids is 1. The van der Waals surface area contributed by atoms with E-state index in [-0.39, 0.29) is 0 Å². The van der Waals surface area contributed by atoms with Gasteiger partial charge >= 0.3 is 17.8 Å². The molecule has 10 heteroatoms. The molecule has 0 aliphatic carbocycles. The quantitative estimate of drug-likeness (QED) is 0.417. The van der Waals surface area contributed by atoms with Gasteiger partial charge in [0, 0.05) is 0 Å². The van der Waals surface area contributed by atoms with Crippen molar-refractivity contribution in [3.8, 4) is 0 Å². The van der Waals surface area contributed by atoms with Crippen LogP contribution in [0.25, 0.3) is 0 Å². The van der Waals surface area contributed by atoms with Crippen LogP contribution in [-0.4, -0.2) is 28.3 Å². The molecule has 1 aliphatic rings. The Balaban J connectivity index is 3.00. The summed E-state index contributed by atoms with van der Waals surface area (Å²) >= 11 is 0. The average molecular weight is 227 g/mol. The molecule has 0 saturated heterocycles. The fourth-order valence-corrected chi connectivity index (χ4v) is 0.881. The van der Waals surface area contributed by atoms with Crippen molar-refractivity contribution < 1.29 is 28.0 Å². The van der Waals surface area contributed by atoms with Crippen LogP contribution in [0.1, 0.15) is 0 Å². The van der Waals surface area contributed by atoms with Gasteiger partial charge in [0.1, 0.15) is 0 Å². The van der Waals surface area contributed by atoms with E-state index in [2.05, 4.69) is 0 Å². The van der Waals surface area contributed by atoms with Gasteiger partial charge in [0.2, 0.25) is 6.17 Å². The third-order valence-corrected chi connectivity index (χ3v) is 1.51. The zero-order chi connectivity index (χ0) is 11.8. The summed E-state index contributed by atoms with van der Waals surface area (Å²) in [6, 6.07) is 0. The Hall–Kier alpha value is -2.00. The number of aliphatic hydroxyl groups is 1. The maximum absolute atomic E-state index is 12.0. The van der Waals surface area contributed by atoms with Gasteiger partial charge in [-0.3, -0.25) is 14.9 Å². The average Bonchev–Trinajstić information content (AvgIpc) is 1.99. The first-order valence-corrected chi connectivity index (χ1v) is 3.45. The lowest BCUT2D eigenvalue weighted by molar-refractivity contribution is -0.423. The van der Waals surface area contributed by atoms with E-state index in [1.54, 1.807) is 0 Å². The molecule has 0 saturated carbocycles. The molecule has 0 fully saturated rings. The molecular weight excluding hydrogens is 223 g/mol. The molecule has 1 atom stereocenters. The molecule has 0 aromatic rings. The van der Waals surface area contributed by atoms with Crippen molar-refractivity contribution in [2.24, 2.45) is 0 Å². The summed E-state index contributed by atoms with van der Waals surface area (Å²) in [4.78, 5) is 19.6. The molecule has 0 aromatic heterocycles. The third kappa shape index (κ3) is 2.08. The molecule has 0 aromatic carbocycles. The Bertz CT molecular complexity index is 350. The Labute approximate surface area is 79.7 Å². The van der Waals surface area contributed by atoms with E-state index in [4.69, 9.17) is 5.11 Å². The van der Waals surface area contributed by atoms with Crippen molar-refractivity contribution >= 4 is 5.91 Å². The lowest BCUT2D eigenvalue weighted by Crippen LogP contribution is -2.58. The highest BCUT2D eigenvalue weighted by atomic mass is 19.4. The van der Waals surface area contributed by atoms with Crippen LogP contribution in [0.4, 0.5) is 13.2 Å². The number of nitrogens with zero attached hydrogens (tertiary/aromatic N) is 1. The first-order chi connectivity index (χ1) is 6.73. The van der Waals surface area contributed by atoms with E-state index in [9.17, 15) is 28.1 Å². The van der Waals surface area contributed by atoms with Gasteiger partial charge < -0.3 is 15.7 Å². The predicted molar refractivity (Wildman–Crippen MR) is 37.8 cm³/mol. The van der Waals surface area contributed by atoms with E-state index < -0.39 is 34.8 Å². The molecule has 84 valence electrons. The number of alkyl halides is 3. The fraction of sp³-hybridized carbons (Fsp3) is 0.400. The van der Waals surface area contributed by atoms with Crippen LogP contribution in [0.2, 0.25) is 0 Å². The van der Waals surface area contributed by atoms with E-state index in [1.807, 2.05) is 0 Å². The normalized spacial score (nSPS) is 22.1. The molecule has 1 heterocycles. The topological polar surface area (TPSA) is 104 Å². The number of aliphatic hydroxyl groups excluding tert-OH is 1. The Kier molecular flexibility index (Phi) is 2.43. The highest BCUT2D eigenvalue weighted by molar-refractivity contribution is 5.92. The van der Waals surface area contributed by atoms with Crippen LogP contribution in [0.3, 0.4) is 0 Å². The van der Waals surface area contributed by atoms with Crippen LogP contribution >= 0.6 is 0 Å². The van der Waals surface area contributed by atoms with Crippen molar-refractivity contribution in [1.29, 1.82) is 0 Å². The smallest absolute Gasteiger partial charge is 0.427 e. The number of nitrogens with one attached hydrogen (secondary N) is 2. The molecular formula is C5H4F3N3O4. The standard InChI is InChI=1S/C5H4F3N3O4/c6-5(7,8)4-9-2(12)1(11(14)15)3(13)10-4/h4,9,12H,(H,10,13)/t4-/m0/s1. The second-order valence-electron chi connectivity index (χ2n) is 2.55. The summed E-state index contributed by atoms with van der Waals surface area (Å²) in [7, 11) is 0. The summed E-state index contributed by atoms with van der Waals surface area (Å²) in [6.07, 6.45) is -7.39. The lowest BCUT2D eigenvalue weighted by Gasteiger charge is -2.25. The number of amides is 1. The second kappa shape index (κ2) is 3.29. The van der Waals surface area contributed by atoms with Crippen LogP contribution in [-0.2, 0) is 4.79 Å². The van der Waals surface area contributed by atoms with E-state index in [1.165, 1.54) is 10.6 Å². The lowest BCUT2D eigenvalue weighted by atomic mass is 10.3. The molecule has 0 radical (unpaired) electrons. The van der Waals surface area contributed by atoms with Crippen LogP contribution in [0.5, 0.6) is 0 Å². The molecule has 1 amide bonds. The highest BCUT2D eigenvalue weighted by Gasteiger charge is 2.47. The fourth-order valence-electron chi connectivity index (χ4n) is 0.881. The van der Waals surface area contributed by atoms with Gasteiger partial charge in [0.05, 0.1) is 4.92 Å². The Morgan fingerprint density at radius 1 is 1.40 bits per heavy atom. The minimum absolute atomic E-state index is 1.28.